The van der Waals surface area contributed by atoms with Crippen molar-refractivity contribution in [3.8, 4) is 0 Å². The number of hydrogen-bond acceptors (Lipinski definition) is 6. The van der Waals surface area contributed by atoms with Crippen LogP contribution < -0.4 is 10.2 Å². The van der Waals surface area contributed by atoms with E-state index in [1.54, 1.807) is 6.20 Å². The number of nitrogens with zero attached hydrogens (tertiary/aromatic N) is 4. The van der Waals surface area contributed by atoms with Gasteiger partial charge in [0.25, 0.3) is 0 Å². The van der Waals surface area contributed by atoms with Gasteiger partial charge in [-0.2, -0.15) is 0 Å². The summed E-state index contributed by atoms with van der Waals surface area (Å²) in [6.07, 6.45) is 2.65. The summed E-state index contributed by atoms with van der Waals surface area (Å²) in [5.74, 6) is 0.610. The lowest BCUT2D eigenvalue weighted by Crippen LogP contribution is -2.22. The van der Waals surface area contributed by atoms with Crippen molar-refractivity contribution in [2.75, 3.05) is 18.5 Å². The number of aromatic nitrogens is 3. The summed E-state index contributed by atoms with van der Waals surface area (Å²) in [6.45, 7) is 5.54. The van der Waals surface area contributed by atoms with Crippen LogP contribution in [0.15, 0.2) is 28.8 Å². The van der Waals surface area contributed by atoms with E-state index in [1.165, 1.54) is 0 Å². The molecule has 20 heavy (non-hydrogen) atoms. The molecule has 0 aliphatic rings. The molecule has 1 N–H and O–H groups in total. The molecule has 0 aliphatic heterocycles. The summed E-state index contributed by atoms with van der Waals surface area (Å²) in [5.41, 5.74) is 1.06. The second kappa shape index (κ2) is 7.00. The molecule has 2 heterocycles. The standard InChI is InChI=1S/C14H21N5O/c1-11(2)16-10-13-17-18-14(20-13)19(3)9-7-12-6-4-5-8-15-12/h4-6,8,11,16H,7,9-10H2,1-3H3. The lowest BCUT2D eigenvalue weighted by molar-refractivity contribution is 0.449. The molecule has 0 spiro atoms. The largest absolute Gasteiger partial charge is 0.407 e. The molecule has 6 heteroatoms. The first kappa shape index (κ1) is 14.5. The van der Waals surface area contributed by atoms with Crippen LogP contribution in [-0.4, -0.2) is 34.8 Å². The zero-order valence-corrected chi connectivity index (χ0v) is 12.2. The number of pyridine rings is 1. The third kappa shape index (κ3) is 4.31. The number of anilines is 1. The minimum absolute atomic E-state index is 0.396. The van der Waals surface area contributed by atoms with Crippen molar-refractivity contribution in [3.05, 3.63) is 36.0 Å². The highest BCUT2D eigenvalue weighted by Crippen LogP contribution is 2.11. The number of rotatable bonds is 7. The molecule has 2 aromatic heterocycles. The lowest BCUT2D eigenvalue weighted by Gasteiger charge is -2.13. The van der Waals surface area contributed by atoms with Crippen LogP contribution in [0.5, 0.6) is 0 Å². The van der Waals surface area contributed by atoms with E-state index in [2.05, 4.69) is 34.3 Å². The van der Waals surface area contributed by atoms with Gasteiger partial charge in [0.15, 0.2) is 0 Å². The molecule has 0 aliphatic carbocycles. The molecular weight excluding hydrogens is 254 g/mol. The van der Waals surface area contributed by atoms with Crippen molar-refractivity contribution in [2.24, 2.45) is 0 Å². The molecule has 2 aromatic rings. The molecule has 2 rings (SSSR count). The van der Waals surface area contributed by atoms with Gasteiger partial charge < -0.3 is 14.6 Å². The fourth-order valence-electron chi connectivity index (χ4n) is 1.69. The topological polar surface area (TPSA) is 67.1 Å². The van der Waals surface area contributed by atoms with Gasteiger partial charge in [-0.3, -0.25) is 4.98 Å². The van der Waals surface area contributed by atoms with Gasteiger partial charge in [0.05, 0.1) is 6.54 Å². The zero-order chi connectivity index (χ0) is 14.4. The monoisotopic (exact) mass is 275 g/mol. The Morgan fingerprint density at radius 3 is 2.85 bits per heavy atom. The van der Waals surface area contributed by atoms with Gasteiger partial charge in [-0.1, -0.05) is 25.0 Å². The van der Waals surface area contributed by atoms with Crippen LogP contribution >= 0.6 is 0 Å². The van der Waals surface area contributed by atoms with Gasteiger partial charge in [-0.15, -0.1) is 5.10 Å². The number of nitrogens with one attached hydrogen (secondary N) is 1. The maximum absolute atomic E-state index is 5.61. The fraction of sp³-hybridized carbons (Fsp3) is 0.500. The minimum Gasteiger partial charge on any atom is -0.407 e. The van der Waals surface area contributed by atoms with E-state index in [9.17, 15) is 0 Å². The SMILES string of the molecule is CC(C)NCc1nnc(N(C)CCc2ccccn2)o1. The summed E-state index contributed by atoms with van der Waals surface area (Å²) in [7, 11) is 1.94. The average Bonchev–Trinajstić information content (AvgIpc) is 2.92. The molecule has 0 amide bonds. The van der Waals surface area contributed by atoms with Gasteiger partial charge in [0.2, 0.25) is 5.89 Å². The van der Waals surface area contributed by atoms with Crippen molar-refractivity contribution < 1.29 is 4.42 Å². The second-order valence-electron chi connectivity index (χ2n) is 5.01. The van der Waals surface area contributed by atoms with E-state index in [-0.39, 0.29) is 0 Å². The zero-order valence-electron chi connectivity index (χ0n) is 12.2. The van der Waals surface area contributed by atoms with Gasteiger partial charge in [-0.25, -0.2) is 0 Å². The van der Waals surface area contributed by atoms with Gasteiger partial charge in [0.1, 0.15) is 0 Å². The van der Waals surface area contributed by atoms with E-state index in [0.717, 1.165) is 18.7 Å². The molecule has 0 aromatic carbocycles. The maximum Gasteiger partial charge on any atom is 0.317 e. The van der Waals surface area contributed by atoms with Crippen LogP contribution in [-0.2, 0) is 13.0 Å². The van der Waals surface area contributed by atoms with Gasteiger partial charge in [-0.05, 0) is 12.1 Å². The maximum atomic E-state index is 5.61. The van der Waals surface area contributed by atoms with Crippen LogP contribution in [0.4, 0.5) is 6.01 Å². The number of hydrogen-bond donors (Lipinski definition) is 1. The Morgan fingerprint density at radius 2 is 2.15 bits per heavy atom. The van der Waals surface area contributed by atoms with Crippen LogP contribution in [0, 0.1) is 0 Å². The van der Waals surface area contributed by atoms with Crippen LogP contribution in [0.3, 0.4) is 0 Å². The summed E-state index contributed by atoms with van der Waals surface area (Å²) in [4.78, 5) is 6.24. The molecule has 0 bridgehead atoms. The van der Waals surface area contributed by atoms with Crippen molar-refractivity contribution in [3.63, 3.8) is 0 Å². The second-order valence-corrected chi connectivity index (χ2v) is 5.01. The highest BCUT2D eigenvalue weighted by molar-refractivity contribution is 5.22. The van der Waals surface area contributed by atoms with Crippen molar-refractivity contribution in [2.45, 2.75) is 32.9 Å². The third-order valence-electron chi connectivity index (χ3n) is 2.87. The van der Waals surface area contributed by atoms with Crippen LogP contribution in [0.2, 0.25) is 0 Å². The lowest BCUT2D eigenvalue weighted by atomic mass is 10.2. The highest BCUT2D eigenvalue weighted by Gasteiger charge is 2.11. The Bertz CT molecular complexity index is 511. The van der Waals surface area contributed by atoms with Gasteiger partial charge in [0, 0.05) is 37.9 Å². The molecular formula is C14H21N5O. The Labute approximate surface area is 119 Å². The Kier molecular flexibility index (Phi) is 5.06. The molecule has 108 valence electrons. The Hall–Kier alpha value is -1.95. The molecule has 0 unspecified atom stereocenters. The Balaban J connectivity index is 1.84. The van der Waals surface area contributed by atoms with Crippen molar-refractivity contribution in [1.29, 1.82) is 0 Å². The molecule has 0 atom stereocenters. The molecule has 6 nitrogen and oxygen atoms in total. The quantitative estimate of drug-likeness (QED) is 0.828. The predicted octanol–water partition coefficient (Wildman–Crippen LogP) is 1.64. The predicted molar refractivity (Wildman–Crippen MR) is 77.5 cm³/mol. The van der Waals surface area contributed by atoms with Crippen molar-refractivity contribution >= 4 is 6.01 Å². The number of likely N-dealkylation sites (N-methyl/N-ethyl adjacent to an activating group) is 1. The van der Waals surface area contributed by atoms with E-state index >= 15 is 0 Å². The summed E-state index contributed by atoms with van der Waals surface area (Å²) >= 11 is 0. The molecule has 0 radical (unpaired) electrons. The first-order valence-corrected chi connectivity index (χ1v) is 6.82. The highest BCUT2D eigenvalue weighted by atomic mass is 16.4. The van der Waals surface area contributed by atoms with E-state index in [1.807, 2.05) is 30.1 Å². The summed E-state index contributed by atoms with van der Waals surface area (Å²) in [6, 6.07) is 6.86. The first-order valence-electron chi connectivity index (χ1n) is 6.82. The summed E-state index contributed by atoms with van der Waals surface area (Å²) in [5, 5.41) is 11.3. The van der Waals surface area contributed by atoms with E-state index in [0.29, 0.717) is 24.5 Å². The molecule has 0 fully saturated rings. The van der Waals surface area contributed by atoms with E-state index in [4.69, 9.17) is 4.42 Å². The van der Waals surface area contributed by atoms with E-state index < -0.39 is 0 Å². The minimum atomic E-state index is 0.396. The third-order valence-corrected chi connectivity index (χ3v) is 2.87. The fourth-order valence-corrected chi connectivity index (χ4v) is 1.69. The summed E-state index contributed by atoms with van der Waals surface area (Å²) < 4.78 is 5.61. The molecule has 0 saturated heterocycles. The van der Waals surface area contributed by atoms with Crippen LogP contribution in [0.25, 0.3) is 0 Å². The van der Waals surface area contributed by atoms with Crippen LogP contribution in [0.1, 0.15) is 25.4 Å². The average molecular weight is 275 g/mol. The Morgan fingerprint density at radius 1 is 1.30 bits per heavy atom. The van der Waals surface area contributed by atoms with Crippen molar-refractivity contribution in [1.82, 2.24) is 20.5 Å². The molecule has 0 saturated carbocycles. The smallest absolute Gasteiger partial charge is 0.317 e. The normalized spacial score (nSPS) is 11.0. The first-order chi connectivity index (χ1) is 9.65. The van der Waals surface area contributed by atoms with Gasteiger partial charge >= 0.3 is 6.01 Å².